The molecule has 0 aromatic heterocycles. The number of rotatable bonds is 9. The molecule has 2 unspecified atom stereocenters. The SMILES string of the molecule is CC(c1ccc(-c2ccc(F)cc2)cc1)N1CCC(CCCNS(C)(=O)=O)(c2ccccc2)OC1=O. The zero-order valence-corrected chi connectivity index (χ0v) is 21.3. The van der Waals surface area contributed by atoms with Gasteiger partial charge in [0.15, 0.2) is 0 Å². The van der Waals surface area contributed by atoms with E-state index >= 15 is 0 Å². The average molecular weight is 511 g/mol. The van der Waals surface area contributed by atoms with Crippen molar-refractivity contribution >= 4 is 16.1 Å². The molecule has 0 bridgehead atoms. The van der Waals surface area contributed by atoms with Crippen molar-refractivity contribution in [1.82, 2.24) is 9.62 Å². The normalized spacial score (nSPS) is 19.1. The second-order valence-corrected chi connectivity index (χ2v) is 11.1. The van der Waals surface area contributed by atoms with Gasteiger partial charge in [0.05, 0.1) is 12.3 Å². The van der Waals surface area contributed by atoms with Crippen molar-refractivity contribution in [1.29, 1.82) is 0 Å². The van der Waals surface area contributed by atoms with Gasteiger partial charge in [-0.1, -0.05) is 66.7 Å². The Morgan fingerprint density at radius 3 is 2.19 bits per heavy atom. The molecule has 3 aromatic carbocycles. The van der Waals surface area contributed by atoms with Crippen LogP contribution in [0.2, 0.25) is 0 Å². The van der Waals surface area contributed by atoms with Crippen molar-refractivity contribution in [2.45, 2.75) is 37.8 Å². The van der Waals surface area contributed by atoms with Crippen LogP contribution in [0.4, 0.5) is 9.18 Å². The average Bonchev–Trinajstić information content (AvgIpc) is 2.87. The molecule has 1 amide bonds. The zero-order valence-electron chi connectivity index (χ0n) is 20.5. The van der Waals surface area contributed by atoms with Crippen LogP contribution in [0, 0.1) is 5.82 Å². The van der Waals surface area contributed by atoms with Gasteiger partial charge in [0, 0.05) is 19.5 Å². The first-order valence-electron chi connectivity index (χ1n) is 12.0. The summed E-state index contributed by atoms with van der Waals surface area (Å²) < 4.78 is 44.7. The summed E-state index contributed by atoms with van der Waals surface area (Å²) in [5.41, 5.74) is 2.97. The Balaban J connectivity index is 1.47. The van der Waals surface area contributed by atoms with E-state index in [1.54, 1.807) is 17.0 Å². The Labute approximate surface area is 212 Å². The summed E-state index contributed by atoms with van der Waals surface area (Å²) in [7, 11) is -3.28. The maximum absolute atomic E-state index is 13.3. The van der Waals surface area contributed by atoms with Crippen LogP contribution in [0.1, 0.15) is 43.4 Å². The molecule has 1 aliphatic rings. The van der Waals surface area contributed by atoms with E-state index < -0.39 is 21.7 Å². The molecule has 3 aromatic rings. The predicted molar refractivity (Wildman–Crippen MR) is 138 cm³/mol. The number of carbonyl (C=O) groups excluding carboxylic acids is 1. The second-order valence-electron chi connectivity index (χ2n) is 9.25. The number of nitrogens with zero attached hydrogens (tertiary/aromatic N) is 1. The molecule has 4 rings (SSSR count). The summed E-state index contributed by atoms with van der Waals surface area (Å²) >= 11 is 0. The number of benzene rings is 3. The number of nitrogens with one attached hydrogen (secondary N) is 1. The highest BCUT2D eigenvalue weighted by Crippen LogP contribution is 2.40. The third-order valence-electron chi connectivity index (χ3n) is 6.73. The molecule has 1 fully saturated rings. The van der Waals surface area contributed by atoms with Gasteiger partial charge in [-0.05, 0) is 54.2 Å². The molecule has 1 N–H and O–H groups in total. The van der Waals surface area contributed by atoms with E-state index in [1.165, 1.54) is 12.1 Å². The fourth-order valence-corrected chi connectivity index (χ4v) is 5.21. The van der Waals surface area contributed by atoms with Crippen LogP contribution in [0.25, 0.3) is 11.1 Å². The molecule has 0 aliphatic carbocycles. The van der Waals surface area contributed by atoms with Crippen molar-refractivity contribution in [3.63, 3.8) is 0 Å². The Kier molecular flexibility index (Phi) is 7.76. The standard InChI is InChI=1S/C28H31FN2O4S/c1-21(22-9-11-23(12-10-22)24-13-15-26(29)16-14-24)31-20-18-28(35-27(31)32,25-7-4-3-5-8-25)17-6-19-30-36(2,33)34/h3-5,7-16,21,30H,6,17-20H2,1-2H3. The van der Waals surface area contributed by atoms with E-state index in [9.17, 15) is 17.6 Å². The number of hydrogen-bond donors (Lipinski definition) is 1. The fraction of sp³-hybridized carbons (Fsp3) is 0.321. The molecule has 1 heterocycles. The number of halogens is 1. The molecule has 0 radical (unpaired) electrons. The lowest BCUT2D eigenvalue weighted by Gasteiger charge is -2.43. The number of amides is 1. The van der Waals surface area contributed by atoms with Crippen LogP contribution in [-0.2, 0) is 20.4 Å². The largest absolute Gasteiger partial charge is 0.438 e. The maximum atomic E-state index is 13.3. The van der Waals surface area contributed by atoms with Crippen molar-refractivity contribution in [2.75, 3.05) is 19.3 Å². The lowest BCUT2D eigenvalue weighted by atomic mass is 9.84. The highest BCUT2D eigenvalue weighted by Gasteiger charge is 2.43. The van der Waals surface area contributed by atoms with Crippen LogP contribution in [0.3, 0.4) is 0 Å². The van der Waals surface area contributed by atoms with E-state index in [-0.39, 0.29) is 18.4 Å². The van der Waals surface area contributed by atoms with Gasteiger partial charge in [0.25, 0.3) is 0 Å². The first-order chi connectivity index (χ1) is 17.2. The fourth-order valence-electron chi connectivity index (χ4n) is 4.69. The number of carbonyl (C=O) groups is 1. The molecule has 0 saturated carbocycles. The minimum Gasteiger partial charge on any atom is -0.438 e. The van der Waals surface area contributed by atoms with E-state index in [1.807, 2.05) is 61.5 Å². The monoisotopic (exact) mass is 510 g/mol. The highest BCUT2D eigenvalue weighted by atomic mass is 32.2. The molecular formula is C28H31FN2O4S. The molecule has 190 valence electrons. The summed E-state index contributed by atoms with van der Waals surface area (Å²) in [6, 6.07) is 23.7. The maximum Gasteiger partial charge on any atom is 0.411 e. The van der Waals surface area contributed by atoms with Crippen molar-refractivity contribution in [3.8, 4) is 11.1 Å². The molecule has 36 heavy (non-hydrogen) atoms. The Bertz CT molecular complexity index is 1280. The minimum absolute atomic E-state index is 0.194. The first kappa shape index (κ1) is 25.9. The number of cyclic esters (lactones) is 1. The van der Waals surface area contributed by atoms with Gasteiger partial charge >= 0.3 is 6.09 Å². The van der Waals surface area contributed by atoms with Gasteiger partial charge in [0.2, 0.25) is 10.0 Å². The van der Waals surface area contributed by atoms with Crippen LogP contribution in [-0.4, -0.2) is 38.8 Å². The predicted octanol–water partition coefficient (Wildman–Crippen LogP) is 5.62. The van der Waals surface area contributed by atoms with E-state index in [4.69, 9.17) is 4.74 Å². The lowest BCUT2D eigenvalue weighted by Crippen LogP contribution is -2.49. The van der Waals surface area contributed by atoms with Gasteiger partial charge in [-0.15, -0.1) is 0 Å². The molecule has 2 atom stereocenters. The van der Waals surface area contributed by atoms with Crippen molar-refractivity contribution in [2.24, 2.45) is 0 Å². The second kappa shape index (κ2) is 10.8. The summed E-state index contributed by atoms with van der Waals surface area (Å²) in [5, 5.41) is 0. The van der Waals surface area contributed by atoms with Crippen LogP contribution in [0.5, 0.6) is 0 Å². The van der Waals surface area contributed by atoms with E-state index in [0.717, 1.165) is 28.5 Å². The highest BCUT2D eigenvalue weighted by molar-refractivity contribution is 7.88. The number of ether oxygens (including phenoxy) is 1. The van der Waals surface area contributed by atoms with E-state index in [2.05, 4.69) is 4.72 Å². The van der Waals surface area contributed by atoms with Gasteiger partial charge in [-0.3, -0.25) is 0 Å². The molecule has 0 spiro atoms. The molecular weight excluding hydrogens is 479 g/mol. The zero-order chi connectivity index (χ0) is 25.8. The molecule has 1 saturated heterocycles. The quantitative estimate of drug-likeness (QED) is 0.379. The van der Waals surface area contributed by atoms with Gasteiger partial charge in [-0.25, -0.2) is 22.3 Å². The third-order valence-corrected chi connectivity index (χ3v) is 7.46. The van der Waals surface area contributed by atoms with Gasteiger partial charge in [0.1, 0.15) is 11.4 Å². The number of hydrogen-bond acceptors (Lipinski definition) is 4. The van der Waals surface area contributed by atoms with Crippen molar-refractivity contribution in [3.05, 3.63) is 95.8 Å². The van der Waals surface area contributed by atoms with Crippen LogP contribution < -0.4 is 4.72 Å². The molecule has 1 aliphatic heterocycles. The van der Waals surface area contributed by atoms with E-state index in [0.29, 0.717) is 25.8 Å². The smallest absolute Gasteiger partial charge is 0.411 e. The molecule has 8 heteroatoms. The summed E-state index contributed by atoms with van der Waals surface area (Å²) in [4.78, 5) is 15.0. The Morgan fingerprint density at radius 1 is 1.00 bits per heavy atom. The van der Waals surface area contributed by atoms with Crippen LogP contribution in [0.15, 0.2) is 78.9 Å². The van der Waals surface area contributed by atoms with Gasteiger partial charge in [-0.2, -0.15) is 0 Å². The van der Waals surface area contributed by atoms with Crippen LogP contribution >= 0.6 is 0 Å². The van der Waals surface area contributed by atoms with Gasteiger partial charge < -0.3 is 9.64 Å². The summed E-state index contributed by atoms with van der Waals surface area (Å²) in [5.74, 6) is -0.272. The first-order valence-corrected chi connectivity index (χ1v) is 13.9. The summed E-state index contributed by atoms with van der Waals surface area (Å²) in [6.07, 6.45) is 2.39. The number of sulfonamides is 1. The van der Waals surface area contributed by atoms with Crippen molar-refractivity contribution < 1.29 is 22.3 Å². The Hall–Kier alpha value is -3.23. The minimum atomic E-state index is -3.28. The summed E-state index contributed by atoms with van der Waals surface area (Å²) in [6.45, 7) is 2.76. The Morgan fingerprint density at radius 2 is 1.61 bits per heavy atom. The lowest BCUT2D eigenvalue weighted by molar-refractivity contribution is -0.0662. The third kappa shape index (κ3) is 6.12. The molecule has 6 nitrogen and oxygen atoms in total. The topological polar surface area (TPSA) is 75.7 Å².